The highest BCUT2D eigenvalue weighted by Gasteiger charge is 2.02. The van der Waals surface area contributed by atoms with Crippen LogP contribution in [0.2, 0.25) is 0 Å². The van der Waals surface area contributed by atoms with E-state index in [1.165, 1.54) is 5.56 Å². The van der Waals surface area contributed by atoms with E-state index in [-0.39, 0.29) is 12.8 Å². The van der Waals surface area contributed by atoms with Crippen LogP contribution in [0, 0.1) is 0 Å². The molecule has 0 aromatic heterocycles. The van der Waals surface area contributed by atoms with Gasteiger partial charge in [0, 0.05) is 12.8 Å². The van der Waals surface area contributed by atoms with Crippen molar-refractivity contribution in [1.82, 2.24) is 5.32 Å². The van der Waals surface area contributed by atoms with Crippen molar-refractivity contribution in [2.45, 2.75) is 19.8 Å². The molecule has 2 N–H and O–H groups in total. The summed E-state index contributed by atoms with van der Waals surface area (Å²) in [5.74, 6) is 0.483. The monoisotopic (exact) mass is 266 g/mol. The number of methoxy groups -OCH3 is 1. The summed E-state index contributed by atoms with van der Waals surface area (Å²) in [6, 6.07) is 7.52. The van der Waals surface area contributed by atoms with Crippen LogP contribution in [0.1, 0.15) is 25.3 Å². The Balaban J connectivity index is 2.28. The van der Waals surface area contributed by atoms with E-state index in [1.54, 1.807) is 7.11 Å². The summed E-state index contributed by atoms with van der Waals surface area (Å²) in [5.41, 5.74) is 2.01. The maximum atomic E-state index is 11.5. The SMILES string of the molecule is COCCOCNC(=O)Nc1ccc(C(C)C)cc1. The Morgan fingerprint density at radius 3 is 2.47 bits per heavy atom. The van der Waals surface area contributed by atoms with Gasteiger partial charge in [-0.05, 0) is 23.6 Å². The van der Waals surface area contributed by atoms with Gasteiger partial charge in [0.1, 0.15) is 6.73 Å². The lowest BCUT2D eigenvalue weighted by molar-refractivity contribution is 0.0650. The first-order valence-electron chi connectivity index (χ1n) is 6.35. The maximum Gasteiger partial charge on any atom is 0.321 e. The molecular weight excluding hydrogens is 244 g/mol. The van der Waals surface area contributed by atoms with E-state index < -0.39 is 0 Å². The fourth-order valence-corrected chi connectivity index (χ4v) is 1.46. The third-order valence-corrected chi connectivity index (χ3v) is 2.60. The lowest BCUT2D eigenvalue weighted by atomic mass is 10.0. The highest BCUT2D eigenvalue weighted by atomic mass is 16.5. The molecule has 0 saturated carbocycles. The second-order valence-corrected chi connectivity index (χ2v) is 4.45. The molecule has 0 heterocycles. The summed E-state index contributed by atoms with van der Waals surface area (Å²) in [4.78, 5) is 11.5. The fraction of sp³-hybridized carbons (Fsp3) is 0.500. The highest BCUT2D eigenvalue weighted by Crippen LogP contribution is 2.16. The van der Waals surface area contributed by atoms with Crippen molar-refractivity contribution < 1.29 is 14.3 Å². The van der Waals surface area contributed by atoms with Crippen LogP contribution in [0.3, 0.4) is 0 Å². The number of carbonyl (C=O) groups excluding carboxylic acids is 1. The molecule has 5 heteroatoms. The number of amides is 2. The number of hydrogen-bond donors (Lipinski definition) is 2. The van der Waals surface area contributed by atoms with Gasteiger partial charge in [0.05, 0.1) is 13.2 Å². The van der Waals surface area contributed by atoms with Gasteiger partial charge in [-0.2, -0.15) is 0 Å². The van der Waals surface area contributed by atoms with Crippen LogP contribution in [0.25, 0.3) is 0 Å². The summed E-state index contributed by atoms with van der Waals surface area (Å²) in [7, 11) is 1.60. The van der Waals surface area contributed by atoms with Gasteiger partial charge in [0.25, 0.3) is 0 Å². The predicted molar refractivity (Wildman–Crippen MR) is 75.4 cm³/mol. The highest BCUT2D eigenvalue weighted by molar-refractivity contribution is 5.89. The van der Waals surface area contributed by atoms with Crippen molar-refractivity contribution in [3.8, 4) is 0 Å². The molecular formula is C14H22N2O3. The van der Waals surface area contributed by atoms with E-state index >= 15 is 0 Å². The molecule has 0 aliphatic carbocycles. The van der Waals surface area contributed by atoms with Crippen molar-refractivity contribution in [3.05, 3.63) is 29.8 Å². The van der Waals surface area contributed by atoms with Gasteiger partial charge in [0.2, 0.25) is 0 Å². The first kappa shape index (κ1) is 15.5. The lowest BCUT2D eigenvalue weighted by Crippen LogP contribution is -2.31. The summed E-state index contributed by atoms with van der Waals surface area (Å²) < 4.78 is 9.96. The molecule has 0 atom stereocenters. The molecule has 0 radical (unpaired) electrons. The summed E-state index contributed by atoms with van der Waals surface area (Å²) in [5, 5.41) is 5.34. The zero-order valence-corrected chi connectivity index (χ0v) is 11.7. The zero-order valence-electron chi connectivity index (χ0n) is 11.7. The number of nitrogens with one attached hydrogen (secondary N) is 2. The zero-order chi connectivity index (χ0) is 14.1. The Hall–Kier alpha value is -1.59. The number of rotatable bonds is 7. The van der Waals surface area contributed by atoms with E-state index in [4.69, 9.17) is 9.47 Å². The minimum Gasteiger partial charge on any atom is -0.382 e. The van der Waals surface area contributed by atoms with Gasteiger partial charge in [-0.1, -0.05) is 26.0 Å². The molecule has 2 amide bonds. The molecule has 1 aromatic carbocycles. The van der Waals surface area contributed by atoms with E-state index in [1.807, 2.05) is 24.3 Å². The van der Waals surface area contributed by atoms with Crippen LogP contribution < -0.4 is 10.6 Å². The Labute approximate surface area is 114 Å². The molecule has 19 heavy (non-hydrogen) atoms. The Morgan fingerprint density at radius 2 is 1.89 bits per heavy atom. The fourth-order valence-electron chi connectivity index (χ4n) is 1.46. The maximum absolute atomic E-state index is 11.5. The molecule has 0 spiro atoms. The number of anilines is 1. The van der Waals surface area contributed by atoms with Crippen molar-refractivity contribution in [2.75, 3.05) is 32.4 Å². The average Bonchev–Trinajstić information content (AvgIpc) is 2.39. The summed E-state index contributed by atoms with van der Waals surface area (Å²) in [6.07, 6.45) is 0. The van der Waals surface area contributed by atoms with E-state index in [0.717, 1.165) is 5.69 Å². The van der Waals surface area contributed by atoms with Gasteiger partial charge >= 0.3 is 6.03 Å². The summed E-state index contributed by atoms with van der Waals surface area (Å²) in [6.45, 7) is 5.40. The lowest BCUT2D eigenvalue weighted by Gasteiger charge is -2.10. The molecule has 0 unspecified atom stereocenters. The number of benzene rings is 1. The van der Waals surface area contributed by atoms with Crippen LogP contribution in [0.15, 0.2) is 24.3 Å². The largest absolute Gasteiger partial charge is 0.382 e. The normalized spacial score (nSPS) is 10.5. The van der Waals surface area contributed by atoms with E-state index in [0.29, 0.717) is 19.1 Å². The molecule has 106 valence electrons. The molecule has 0 saturated heterocycles. The van der Waals surface area contributed by atoms with Crippen LogP contribution in [0.5, 0.6) is 0 Å². The first-order valence-corrected chi connectivity index (χ1v) is 6.35. The van der Waals surface area contributed by atoms with Crippen molar-refractivity contribution in [3.63, 3.8) is 0 Å². The van der Waals surface area contributed by atoms with Crippen molar-refractivity contribution in [1.29, 1.82) is 0 Å². The van der Waals surface area contributed by atoms with Crippen molar-refractivity contribution >= 4 is 11.7 Å². The van der Waals surface area contributed by atoms with Crippen LogP contribution in [0.4, 0.5) is 10.5 Å². The molecule has 0 bridgehead atoms. The molecule has 0 aliphatic rings. The smallest absolute Gasteiger partial charge is 0.321 e. The number of urea groups is 1. The Morgan fingerprint density at radius 1 is 1.21 bits per heavy atom. The molecule has 1 rings (SSSR count). The van der Waals surface area contributed by atoms with Gasteiger partial charge in [-0.25, -0.2) is 4.79 Å². The second kappa shape index (κ2) is 8.50. The standard InChI is InChI=1S/C14H22N2O3/c1-11(2)12-4-6-13(7-5-12)16-14(17)15-10-19-9-8-18-3/h4-7,11H,8-10H2,1-3H3,(H2,15,16,17). The quantitative estimate of drug-likeness (QED) is 0.589. The van der Waals surface area contributed by atoms with Gasteiger partial charge in [-0.3, -0.25) is 0 Å². The van der Waals surface area contributed by atoms with Crippen molar-refractivity contribution in [2.24, 2.45) is 0 Å². The van der Waals surface area contributed by atoms with Gasteiger partial charge < -0.3 is 20.1 Å². The molecule has 0 aliphatic heterocycles. The van der Waals surface area contributed by atoms with Gasteiger partial charge in [0.15, 0.2) is 0 Å². The first-order chi connectivity index (χ1) is 9.13. The second-order valence-electron chi connectivity index (χ2n) is 4.45. The van der Waals surface area contributed by atoms with Crippen LogP contribution in [-0.2, 0) is 9.47 Å². The third-order valence-electron chi connectivity index (χ3n) is 2.60. The van der Waals surface area contributed by atoms with Gasteiger partial charge in [-0.15, -0.1) is 0 Å². The van der Waals surface area contributed by atoms with Crippen LogP contribution in [-0.4, -0.2) is 33.1 Å². The van der Waals surface area contributed by atoms with E-state index in [2.05, 4.69) is 24.5 Å². The Bertz CT molecular complexity index is 377. The number of hydrogen-bond acceptors (Lipinski definition) is 3. The summed E-state index contributed by atoms with van der Waals surface area (Å²) >= 11 is 0. The predicted octanol–water partition coefficient (Wildman–Crippen LogP) is 2.55. The van der Waals surface area contributed by atoms with Crippen LogP contribution >= 0.6 is 0 Å². The molecule has 1 aromatic rings. The molecule has 0 fully saturated rings. The topological polar surface area (TPSA) is 59.6 Å². The van der Waals surface area contributed by atoms with E-state index in [9.17, 15) is 4.79 Å². The Kier molecular flexibility index (Phi) is 6.92. The average molecular weight is 266 g/mol. The number of ether oxygens (including phenoxy) is 2. The number of carbonyl (C=O) groups is 1. The minimum atomic E-state index is -0.283. The third kappa shape index (κ3) is 6.22. The molecule has 5 nitrogen and oxygen atoms in total. The minimum absolute atomic E-state index is 0.166.